The fourth-order valence-electron chi connectivity index (χ4n) is 1.65. The van der Waals surface area contributed by atoms with Gasteiger partial charge < -0.3 is 14.6 Å². The van der Waals surface area contributed by atoms with Crippen molar-refractivity contribution in [1.82, 2.24) is 5.32 Å². The molecule has 0 aliphatic heterocycles. The van der Waals surface area contributed by atoms with Gasteiger partial charge >= 0.3 is 5.97 Å². The van der Waals surface area contributed by atoms with E-state index in [1.807, 2.05) is 26.8 Å². The van der Waals surface area contributed by atoms with Crippen LogP contribution in [0.2, 0.25) is 0 Å². The average molecular weight is 295 g/mol. The lowest BCUT2D eigenvalue weighted by Gasteiger charge is -2.29. The van der Waals surface area contributed by atoms with Crippen LogP contribution >= 0.6 is 0 Å². The van der Waals surface area contributed by atoms with E-state index in [0.717, 1.165) is 5.56 Å². The molecule has 21 heavy (non-hydrogen) atoms. The molecule has 0 radical (unpaired) electrons. The molecule has 0 aromatic heterocycles. The van der Waals surface area contributed by atoms with E-state index in [4.69, 9.17) is 9.47 Å². The second-order valence-electron chi connectivity index (χ2n) is 6.49. The molecule has 118 valence electrons. The van der Waals surface area contributed by atoms with Gasteiger partial charge in [0.15, 0.2) is 11.5 Å². The summed E-state index contributed by atoms with van der Waals surface area (Å²) in [5.41, 5.74) is -0.484. The van der Waals surface area contributed by atoms with Crippen molar-refractivity contribution in [2.24, 2.45) is 0 Å². The van der Waals surface area contributed by atoms with Crippen molar-refractivity contribution in [3.8, 4) is 11.5 Å². The van der Waals surface area contributed by atoms with Crippen molar-refractivity contribution in [2.75, 3.05) is 7.11 Å². The van der Waals surface area contributed by atoms with Gasteiger partial charge in [-0.25, -0.2) is 0 Å². The van der Waals surface area contributed by atoms with Crippen LogP contribution in [-0.2, 0) is 16.1 Å². The highest BCUT2D eigenvalue weighted by Crippen LogP contribution is 2.26. The topological polar surface area (TPSA) is 67.8 Å². The normalized spacial score (nSPS) is 12.1. The van der Waals surface area contributed by atoms with E-state index in [9.17, 15) is 9.90 Å². The van der Waals surface area contributed by atoms with Gasteiger partial charge in [-0.05, 0) is 52.3 Å². The minimum absolute atomic E-state index is 0.0758. The number of carbonyl (C=O) groups excluding carboxylic acids is 1. The number of aromatic hydroxyl groups is 1. The van der Waals surface area contributed by atoms with Crippen molar-refractivity contribution in [2.45, 2.75) is 52.3 Å². The summed E-state index contributed by atoms with van der Waals surface area (Å²) >= 11 is 0. The Bertz CT molecular complexity index is 503. The Kier molecular flexibility index (Phi) is 5.23. The van der Waals surface area contributed by atoms with Gasteiger partial charge in [-0.3, -0.25) is 10.1 Å². The highest BCUT2D eigenvalue weighted by molar-refractivity contribution is 5.80. The van der Waals surface area contributed by atoms with E-state index in [0.29, 0.717) is 12.3 Å². The molecule has 5 heteroatoms. The first-order valence-electron chi connectivity index (χ1n) is 6.89. The number of phenolic OH excluding ortho intramolecular Hbond substituents is 1. The summed E-state index contributed by atoms with van der Waals surface area (Å²) in [5, 5.41) is 12.9. The maximum Gasteiger partial charge on any atom is 0.326 e. The van der Waals surface area contributed by atoms with Gasteiger partial charge in [0.25, 0.3) is 0 Å². The zero-order chi connectivity index (χ0) is 16.3. The van der Waals surface area contributed by atoms with E-state index >= 15 is 0 Å². The second kappa shape index (κ2) is 6.35. The third-order valence-corrected chi connectivity index (χ3v) is 2.89. The Morgan fingerprint density at radius 3 is 2.33 bits per heavy atom. The van der Waals surface area contributed by atoms with Crippen molar-refractivity contribution in [3.63, 3.8) is 0 Å². The summed E-state index contributed by atoms with van der Waals surface area (Å²) in [6, 6.07) is 5.13. The number of phenols is 1. The lowest BCUT2D eigenvalue weighted by molar-refractivity contribution is -0.161. The largest absolute Gasteiger partial charge is 0.504 e. The zero-order valence-electron chi connectivity index (χ0n) is 13.6. The molecular weight excluding hydrogens is 270 g/mol. The predicted octanol–water partition coefficient (Wildman–Crippen LogP) is 2.61. The van der Waals surface area contributed by atoms with Crippen LogP contribution in [-0.4, -0.2) is 29.3 Å². The molecule has 2 N–H and O–H groups in total. The molecule has 0 fully saturated rings. The van der Waals surface area contributed by atoms with Gasteiger partial charge in [0, 0.05) is 6.54 Å². The number of nitrogens with one attached hydrogen (secondary N) is 1. The molecule has 1 rings (SSSR count). The summed E-state index contributed by atoms with van der Waals surface area (Å²) in [6.07, 6.45) is 0. The second-order valence-corrected chi connectivity index (χ2v) is 6.49. The molecule has 0 heterocycles. The fraction of sp³-hybridized carbons (Fsp3) is 0.562. The first-order chi connectivity index (χ1) is 9.55. The smallest absolute Gasteiger partial charge is 0.326 e. The maximum atomic E-state index is 12.1. The molecule has 0 amide bonds. The van der Waals surface area contributed by atoms with Gasteiger partial charge in [0.05, 0.1) is 7.11 Å². The SMILES string of the molecule is COc1ccc(CNC(C)(C)C(=O)OC(C)(C)C)cc1O. The summed E-state index contributed by atoms with van der Waals surface area (Å²) < 4.78 is 10.4. The van der Waals surface area contributed by atoms with Gasteiger partial charge in [-0.15, -0.1) is 0 Å². The predicted molar refractivity (Wildman–Crippen MR) is 81.4 cm³/mol. The highest BCUT2D eigenvalue weighted by Gasteiger charge is 2.31. The quantitative estimate of drug-likeness (QED) is 0.817. The van der Waals surface area contributed by atoms with Crippen LogP contribution in [0.25, 0.3) is 0 Å². The van der Waals surface area contributed by atoms with Gasteiger partial charge in [0.1, 0.15) is 11.1 Å². The Morgan fingerprint density at radius 2 is 1.86 bits per heavy atom. The lowest BCUT2D eigenvalue weighted by Crippen LogP contribution is -2.49. The Morgan fingerprint density at radius 1 is 1.24 bits per heavy atom. The third-order valence-electron chi connectivity index (χ3n) is 2.89. The monoisotopic (exact) mass is 295 g/mol. The summed E-state index contributed by atoms with van der Waals surface area (Å²) in [7, 11) is 1.50. The molecule has 0 saturated carbocycles. The van der Waals surface area contributed by atoms with Crippen molar-refractivity contribution < 1.29 is 19.4 Å². The molecule has 1 aromatic rings. The fourth-order valence-corrected chi connectivity index (χ4v) is 1.65. The van der Waals surface area contributed by atoms with E-state index in [1.165, 1.54) is 7.11 Å². The molecule has 0 aliphatic carbocycles. The number of hydrogen-bond donors (Lipinski definition) is 2. The molecule has 0 unspecified atom stereocenters. The van der Waals surface area contributed by atoms with Crippen LogP contribution < -0.4 is 10.1 Å². The molecule has 0 saturated heterocycles. The molecule has 1 aromatic carbocycles. The lowest BCUT2D eigenvalue weighted by atomic mass is 10.0. The number of esters is 1. The van der Waals surface area contributed by atoms with E-state index in [1.54, 1.807) is 26.0 Å². The molecule has 0 aliphatic rings. The summed E-state index contributed by atoms with van der Waals surface area (Å²) in [6.45, 7) is 9.48. The van der Waals surface area contributed by atoms with Crippen LogP contribution in [0, 0.1) is 0 Å². The van der Waals surface area contributed by atoms with Crippen molar-refractivity contribution in [1.29, 1.82) is 0 Å². The van der Waals surface area contributed by atoms with Crippen LogP contribution in [0.3, 0.4) is 0 Å². The Balaban J connectivity index is 2.68. The molecular formula is C16H25NO4. The number of methoxy groups -OCH3 is 1. The summed E-state index contributed by atoms with van der Waals surface area (Å²) in [5.74, 6) is 0.185. The molecule has 0 atom stereocenters. The van der Waals surface area contributed by atoms with Crippen molar-refractivity contribution in [3.05, 3.63) is 23.8 Å². The van der Waals surface area contributed by atoms with Gasteiger partial charge in [-0.1, -0.05) is 6.07 Å². The van der Waals surface area contributed by atoms with Gasteiger partial charge in [-0.2, -0.15) is 0 Å². The number of ether oxygens (including phenoxy) is 2. The van der Waals surface area contributed by atoms with Crippen LogP contribution in [0.4, 0.5) is 0 Å². The third kappa shape index (κ3) is 5.27. The standard InChI is InChI=1S/C16H25NO4/c1-15(2,3)21-14(19)16(4,5)17-10-11-7-8-13(20-6)12(18)9-11/h7-9,17-18H,10H2,1-6H3. The Labute approximate surface area is 126 Å². The number of rotatable bonds is 5. The highest BCUT2D eigenvalue weighted by atomic mass is 16.6. The van der Waals surface area contributed by atoms with E-state index in [-0.39, 0.29) is 11.7 Å². The van der Waals surface area contributed by atoms with Crippen molar-refractivity contribution >= 4 is 5.97 Å². The number of hydrogen-bond acceptors (Lipinski definition) is 5. The number of benzene rings is 1. The van der Waals surface area contributed by atoms with Gasteiger partial charge in [0.2, 0.25) is 0 Å². The minimum Gasteiger partial charge on any atom is -0.504 e. The molecule has 5 nitrogen and oxygen atoms in total. The summed E-state index contributed by atoms with van der Waals surface area (Å²) in [4.78, 5) is 12.1. The molecule has 0 bridgehead atoms. The van der Waals surface area contributed by atoms with E-state index in [2.05, 4.69) is 5.32 Å². The number of carbonyl (C=O) groups is 1. The van der Waals surface area contributed by atoms with E-state index < -0.39 is 11.1 Å². The Hall–Kier alpha value is -1.75. The first kappa shape index (κ1) is 17.3. The van der Waals surface area contributed by atoms with Crippen LogP contribution in [0.1, 0.15) is 40.2 Å². The van der Waals surface area contributed by atoms with Crippen LogP contribution in [0.15, 0.2) is 18.2 Å². The average Bonchev–Trinajstić information content (AvgIpc) is 2.34. The maximum absolute atomic E-state index is 12.1. The van der Waals surface area contributed by atoms with Crippen LogP contribution in [0.5, 0.6) is 11.5 Å². The zero-order valence-corrected chi connectivity index (χ0v) is 13.6. The minimum atomic E-state index is -0.817. The molecule has 0 spiro atoms. The first-order valence-corrected chi connectivity index (χ1v) is 6.89.